The van der Waals surface area contributed by atoms with Crippen molar-refractivity contribution >= 4 is 38.6 Å². The molecule has 2 aromatic heterocycles. The van der Waals surface area contributed by atoms with E-state index in [1.54, 1.807) is 22.7 Å². The van der Waals surface area contributed by atoms with Crippen LogP contribution in [0.3, 0.4) is 0 Å². The van der Waals surface area contributed by atoms with Crippen molar-refractivity contribution in [2.45, 2.75) is 71.1 Å². The number of unbranched alkanes of at least 4 members (excludes halogenated alkanes) is 9. The van der Waals surface area contributed by atoms with E-state index in [1.165, 1.54) is 78.4 Å². The molecule has 0 aliphatic heterocycles. The number of hydrogen-bond donors (Lipinski definition) is 0. The third-order valence-electron chi connectivity index (χ3n) is 4.21. The average molecular weight is 429 g/mol. The van der Waals surface area contributed by atoms with E-state index in [0.717, 1.165) is 11.7 Å². The Morgan fingerprint density at radius 3 is 2.17 bits per heavy atom. The van der Waals surface area contributed by atoms with Gasteiger partial charge in [-0.15, -0.1) is 11.3 Å². The first kappa shape index (κ1) is 20.0. The van der Waals surface area contributed by atoms with Crippen molar-refractivity contribution in [1.29, 1.82) is 0 Å². The highest BCUT2D eigenvalue weighted by Crippen LogP contribution is 2.39. The molecule has 1 nitrogen and oxygen atoms in total. The van der Waals surface area contributed by atoms with Crippen molar-refractivity contribution in [2.75, 3.05) is 6.61 Å². The molecule has 2 heterocycles. The van der Waals surface area contributed by atoms with Crippen molar-refractivity contribution in [1.82, 2.24) is 0 Å². The van der Waals surface area contributed by atoms with Crippen LogP contribution < -0.4 is 4.74 Å². The molecule has 2 rings (SSSR count). The average Bonchev–Trinajstić information content (AvgIpc) is 3.21. The Morgan fingerprint density at radius 1 is 0.875 bits per heavy atom. The van der Waals surface area contributed by atoms with E-state index in [2.05, 4.69) is 46.4 Å². The van der Waals surface area contributed by atoms with Crippen LogP contribution >= 0.6 is 38.6 Å². The van der Waals surface area contributed by atoms with Gasteiger partial charge in [-0.05, 0) is 45.9 Å². The van der Waals surface area contributed by atoms with Crippen molar-refractivity contribution in [3.63, 3.8) is 0 Å². The number of halogens is 1. The molecule has 0 aliphatic rings. The Labute approximate surface area is 163 Å². The zero-order valence-corrected chi connectivity index (χ0v) is 17.9. The Balaban J connectivity index is 1.50. The lowest BCUT2D eigenvalue weighted by Crippen LogP contribution is -1.95. The van der Waals surface area contributed by atoms with E-state index in [4.69, 9.17) is 4.74 Å². The smallest absolute Gasteiger partial charge is 0.174 e. The summed E-state index contributed by atoms with van der Waals surface area (Å²) in [6.45, 7) is 3.13. The van der Waals surface area contributed by atoms with Crippen LogP contribution in [-0.2, 0) is 0 Å². The van der Waals surface area contributed by atoms with E-state index in [9.17, 15) is 0 Å². The van der Waals surface area contributed by atoms with Gasteiger partial charge >= 0.3 is 0 Å². The van der Waals surface area contributed by atoms with Gasteiger partial charge in [-0.25, -0.2) is 0 Å². The Hall–Kier alpha value is -0.320. The first-order chi connectivity index (χ1) is 11.8. The monoisotopic (exact) mass is 428 g/mol. The first-order valence-electron chi connectivity index (χ1n) is 9.27. The van der Waals surface area contributed by atoms with E-state index >= 15 is 0 Å². The van der Waals surface area contributed by atoms with Crippen LogP contribution in [0.4, 0.5) is 0 Å². The maximum atomic E-state index is 5.90. The zero-order valence-electron chi connectivity index (χ0n) is 14.7. The molecule has 0 atom stereocenters. The summed E-state index contributed by atoms with van der Waals surface area (Å²) in [6.07, 6.45) is 13.7. The third-order valence-corrected chi connectivity index (χ3v) is 6.92. The molecule has 0 saturated heterocycles. The quantitative estimate of drug-likeness (QED) is 0.290. The lowest BCUT2D eigenvalue weighted by atomic mass is 10.1. The summed E-state index contributed by atoms with van der Waals surface area (Å²) in [4.78, 5) is 1.28. The molecule has 2 aromatic rings. The van der Waals surface area contributed by atoms with Gasteiger partial charge in [0.25, 0.3) is 0 Å². The van der Waals surface area contributed by atoms with E-state index in [-0.39, 0.29) is 0 Å². The summed E-state index contributed by atoms with van der Waals surface area (Å²) < 4.78 is 7.10. The van der Waals surface area contributed by atoms with Crippen LogP contribution in [0.15, 0.2) is 27.4 Å². The topological polar surface area (TPSA) is 9.23 Å². The molecule has 0 bridgehead atoms. The molecule has 134 valence electrons. The maximum Gasteiger partial charge on any atom is 0.174 e. The summed E-state index contributed by atoms with van der Waals surface area (Å²) >= 11 is 7.08. The molecule has 0 unspecified atom stereocenters. The van der Waals surface area contributed by atoms with Gasteiger partial charge in [0.05, 0.1) is 10.4 Å². The van der Waals surface area contributed by atoms with E-state index < -0.39 is 0 Å². The lowest BCUT2D eigenvalue weighted by molar-refractivity contribution is 0.312. The Kier molecular flexibility index (Phi) is 10.1. The van der Waals surface area contributed by atoms with E-state index in [0.29, 0.717) is 0 Å². The molecule has 0 saturated carbocycles. The maximum absolute atomic E-state index is 5.90. The predicted octanol–water partition coefficient (Wildman–Crippen LogP) is 8.54. The summed E-state index contributed by atoms with van der Waals surface area (Å²) in [5.74, 6) is 0. The molecule has 0 spiro atoms. The second-order valence-electron chi connectivity index (χ2n) is 6.26. The highest BCUT2D eigenvalue weighted by atomic mass is 79.9. The molecule has 24 heavy (non-hydrogen) atoms. The molecular weight excluding hydrogens is 400 g/mol. The van der Waals surface area contributed by atoms with Crippen molar-refractivity contribution in [3.05, 3.63) is 27.4 Å². The van der Waals surface area contributed by atoms with Crippen LogP contribution in [0.25, 0.3) is 10.4 Å². The van der Waals surface area contributed by atoms with Gasteiger partial charge in [0.2, 0.25) is 0 Å². The van der Waals surface area contributed by atoms with Gasteiger partial charge in [0, 0.05) is 10.4 Å². The summed E-state index contributed by atoms with van der Waals surface area (Å²) in [6, 6.07) is 6.42. The van der Waals surface area contributed by atoms with Crippen LogP contribution in [0.1, 0.15) is 71.1 Å². The van der Waals surface area contributed by atoms with Gasteiger partial charge in [-0.3, -0.25) is 0 Å². The second kappa shape index (κ2) is 12.1. The molecule has 0 aromatic carbocycles. The highest BCUT2D eigenvalue weighted by Gasteiger charge is 2.08. The van der Waals surface area contributed by atoms with Gasteiger partial charge < -0.3 is 4.74 Å². The van der Waals surface area contributed by atoms with Gasteiger partial charge in [-0.2, -0.15) is 0 Å². The summed E-state index contributed by atoms with van der Waals surface area (Å²) in [7, 11) is 0. The van der Waals surface area contributed by atoms with Crippen molar-refractivity contribution in [3.8, 4) is 15.5 Å². The SMILES string of the molecule is CCCCCCCCCCCCOc1ccc(-c2ccsc2Br)s1. The van der Waals surface area contributed by atoms with Crippen LogP contribution in [0.2, 0.25) is 0 Å². The Morgan fingerprint density at radius 2 is 1.54 bits per heavy atom. The molecular formula is C20H29BrOS2. The summed E-state index contributed by atoms with van der Waals surface area (Å²) in [5, 5.41) is 3.16. The predicted molar refractivity (Wildman–Crippen MR) is 113 cm³/mol. The van der Waals surface area contributed by atoms with Crippen LogP contribution in [0.5, 0.6) is 5.06 Å². The minimum Gasteiger partial charge on any atom is -0.484 e. The van der Waals surface area contributed by atoms with Crippen LogP contribution in [0, 0.1) is 0 Å². The molecule has 0 aliphatic carbocycles. The van der Waals surface area contributed by atoms with Gasteiger partial charge in [0.1, 0.15) is 0 Å². The number of thiophene rings is 2. The molecule has 0 fully saturated rings. The molecule has 0 N–H and O–H groups in total. The minimum atomic E-state index is 0.848. The molecule has 0 radical (unpaired) electrons. The lowest BCUT2D eigenvalue weighted by Gasteiger charge is -2.04. The van der Waals surface area contributed by atoms with E-state index in [1.807, 2.05) is 0 Å². The highest BCUT2D eigenvalue weighted by molar-refractivity contribution is 9.11. The second-order valence-corrected chi connectivity index (χ2v) is 9.54. The summed E-state index contributed by atoms with van der Waals surface area (Å²) in [5.41, 5.74) is 1.28. The van der Waals surface area contributed by atoms with Crippen molar-refractivity contribution in [2.24, 2.45) is 0 Å². The number of hydrogen-bond acceptors (Lipinski definition) is 3. The number of rotatable bonds is 13. The van der Waals surface area contributed by atoms with Gasteiger partial charge in [-0.1, -0.05) is 76.0 Å². The molecule has 0 amide bonds. The Bertz CT molecular complexity index is 561. The largest absolute Gasteiger partial charge is 0.484 e. The standard InChI is InChI=1S/C20H29BrOS2/c1-2-3-4-5-6-7-8-9-10-11-15-22-19-13-12-18(24-19)17-14-16-23-20(17)21/h12-14,16H,2-11,15H2,1H3. The molecule has 4 heteroatoms. The van der Waals surface area contributed by atoms with Crippen LogP contribution in [-0.4, -0.2) is 6.61 Å². The fraction of sp³-hybridized carbons (Fsp3) is 0.600. The normalized spacial score (nSPS) is 11.1. The van der Waals surface area contributed by atoms with Gasteiger partial charge in [0.15, 0.2) is 5.06 Å². The zero-order chi connectivity index (χ0) is 17.0. The minimum absolute atomic E-state index is 0.848. The fourth-order valence-corrected chi connectivity index (χ4v) is 5.18. The first-order valence-corrected chi connectivity index (χ1v) is 11.8. The third kappa shape index (κ3) is 7.28. The van der Waals surface area contributed by atoms with Crippen molar-refractivity contribution < 1.29 is 4.74 Å². The fourth-order valence-electron chi connectivity index (χ4n) is 2.77. The number of ether oxygens (including phenoxy) is 1.